The predicted molar refractivity (Wildman–Crippen MR) is 121 cm³/mol. The number of nitrogens with one attached hydrogen (secondary N) is 1. The van der Waals surface area contributed by atoms with Gasteiger partial charge >= 0.3 is 6.03 Å². The van der Waals surface area contributed by atoms with Gasteiger partial charge in [-0.1, -0.05) is 6.07 Å². The lowest BCUT2D eigenvalue weighted by atomic mass is 9.99. The number of hydrogen-bond acceptors (Lipinski definition) is 5. The normalized spacial score (nSPS) is 15.0. The standard InChI is InChI=1S/C24H27N3O5/c1-29-19-9-7-16(14-21(19)31-3)23-18-6-5-11-26(18)12-13-27(23)24(28)25-17-8-10-20(30-2)22(15-17)32-4/h5-11,14-15,23H,12-13H2,1-4H3,(H,25,28)/t23-/m0/s1. The summed E-state index contributed by atoms with van der Waals surface area (Å²) in [4.78, 5) is 15.2. The van der Waals surface area contributed by atoms with Crippen molar-refractivity contribution in [3.8, 4) is 23.0 Å². The van der Waals surface area contributed by atoms with Crippen LogP contribution in [-0.2, 0) is 6.54 Å². The summed E-state index contributed by atoms with van der Waals surface area (Å²) in [6, 6.07) is 14.6. The Balaban J connectivity index is 1.67. The molecule has 1 aliphatic heterocycles. The van der Waals surface area contributed by atoms with Crippen molar-refractivity contribution in [3.63, 3.8) is 0 Å². The third kappa shape index (κ3) is 3.91. The van der Waals surface area contributed by atoms with E-state index in [0.717, 1.165) is 11.3 Å². The molecule has 0 fully saturated rings. The number of rotatable bonds is 6. The van der Waals surface area contributed by atoms with Crippen molar-refractivity contribution in [1.82, 2.24) is 9.47 Å². The highest BCUT2D eigenvalue weighted by molar-refractivity contribution is 5.90. The number of hydrogen-bond donors (Lipinski definition) is 1. The fourth-order valence-electron chi connectivity index (χ4n) is 4.09. The van der Waals surface area contributed by atoms with Crippen LogP contribution in [0.15, 0.2) is 54.7 Å². The van der Waals surface area contributed by atoms with E-state index in [0.29, 0.717) is 41.8 Å². The molecule has 0 saturated carbocycles. The first-order valence-corrected chi connectivity index (χ1v) is 10.3. The largest absolute Gasteiger partial charge is 0.493 e. The van der Waals surface area contributed by atoms with E-state index in [1.807, 2.05) is 41.4 Å². The second-order valence-electron chi connectivity index (χ2n) is 7.34. The zero-order chi connectivity index (χ0) is 22.7. The van der Waals surface area contributed by atoms with Gasteiger partial charge in [0, 0.05) is 36.7 Å². The molecule has 0 aliphatic carbocycles. The zero-order valence-corrected chi connectivity index (χ0v) is 18.6. The number of urea groups is 1. The minimum absolute atomic E-state index is 0.204. The van der Waals surface area contributed by atoms with Crippen LogP contribution in [0.2, 0.25) is 0 Å². The van der Waals surface area contributed by atoms with Crippen molar-refractivity contribution < 1.29 is 23.7 Å². The third-order valence-electron chi connectivity index (χ3n) is 5.66. The van der Waals surface area contributed by atoms with Crippen molar-refractivity contribution in [1.29, 1.82) is 0 Å². The van der Waals surface area contributed by atoms with E-state index in [-0.39, 0.29) is 12.1 Å². The number of aromatic nitrogens is 1. The van der Waals surface area contributed by atoms with Crippen LogP contribution in [0.1, 0.15) is 17.3 Å². The van der Waals surface area contributed by atoms with Crippen LogP contribution >= 0.6 is 0 Å². The summed E-state index contributed by atoms with van der Waals surface area (Å²) in [5.41, 5.74) is 2.59. The lowest BCUT2D eigenvalue weighted by molar-refractivity contribution is 0.181. The van der Waals surface area contributed by atoms with Crippen LogP contribution in [0.3, 0.4) is 0 Å². The van der Waals surface area contributed by atoms with Crippen molar-refractivity contribution in [3.05, 3.63) is 66.0 Å². The number of carbonyl (C=O) groups excluding carboxylic acids is 1. The van der Waals surface area contributed by atoms with Gasteiger partial charge in [0.2, 0.25) is 0 Å². The Bertz CT molecular complexity index is 1110. The first-order chi connectivity index (χ1) is 15.6. The number of amides is 2. The molecule has 1 aromatic heterocycles. The number of fused-ring (bicyclic) bond motifs is 1. The van der Waals surface area contributed by atoms with Crippen molar-refractivity contribution >= 4 is 11.7 Å². The molecule has 2 aromatic carbocycles. The number of anilines is 1. The van der Waals surface area contributed by atoms with Gasteiger partial charge in [0.25, 0.3) is 0 Å². The first kappa shape index (κ1) is 21.4. The molecule has 2 heterocycles. The number of benzene rings is 2. The Hall–Kier alpha value is -3.81. The molecule has 1 aliphatic rings. The van der Waals surface area contributed by atoms with Gasteiger partial charge in [-0.15, -0.1) is 0 Å². The maximum absolute atomic E-state index is 13.4. The highest BCUT2D eigenvalue weighted by Crippen LogP contribution is 2.38. The topological polar surface area (TPSA) is 74.2 Å². The molecule has 3 aromatic rings. The quantitative estimate of drug-likeness (QED) is 0.627. The van der Waals surface area contributed by atoms with Crippen LogP contribution in [0.5, 0.6) is 23.0 Å². The van der Waals surface area contributed by atoms with Crippen LogP contribution in [0.4, 0.5) is 10.5 Å². The Labute approximate surface area is 187 Å². The molecule has 1 N–H and O–H groups in total. The Morgan fingerprint density at radius 2 is 1.50 bits per heavy atom. The van der Waals surface area contributed by atoms with E-state index < -0.39 is 0 Å². The summed E-state index contributed by atoms with van der Waals surface area (Å²) in [5, 5.41) is 3.00. The van der Waals surface area contributed by atoms with Gasteiger partial charge in [-0.05, 0) is 42.0 Å². The summed E-state index contributed by atoms with van der Waals surface area (Å²) >= 11 is 0. The SMILES string of the molecule is COc1ccc(NC(=O)N2CCn3cccc3[C@@H]2c2ccc(OC)c(OC)c2)cc1OC. The third-order valence-corrected chi connectivity index (χ3v) is 5.66. The predicted octanol–water partition coefficient (Wildman–Crippen LogP) is 4.16. The molecular weight excluding hydrogens is 410 g/mol. The molecule has 0 bridgehead atoms. The molecule has 168 valence electrons. The monoisotopic (exact) mass is 437 g/mol. The smallest absolute Gasteiger partial charge is 0.322 e. The maximum Gasteiger partial charge on any atom is 0.322 e. The maximum atomic E-state index is 13.4. The van der Waals surface area contributed by atoms with Gasteiger partial charge in [-0.2, -0.15) is 0 Å². The summed E-state index contributed by atoms with van der Waals surface area (Å²) in [6.45, 7) is 1.27. The lowest BCUT2D eigenvalue weighted by Crippen LogP contribution is -2.44. The Morgan fingerprint density at radius 3 is 2.19 bits per heavy atom. The van der Waals surface area contributed by atoms with E-state index in [4.69, 9.17) is 18.9 Å². The lowest BCUT2D eigenvalue weighted by Gasteiger charge is -2.37. The van der Waals surface area contributed by atoms with Crippen LogP contribution in [-0.4, -0.2) is 50.5 Å². The molecular formula is C24H27N3O5. The van der Waals surface area contributed by atoms with E-state index in [9.17, 15) is 4.79 Å². The average molecular weight is 437 g/mol. The van der Waals surface area contributed by atoms with Crippen LogP contribution in [0.25, 0.3) is 0 Å². The van der Waals surface area contributed by atoms with E-state index in [1.54, 1.807) is 46.6 Å². The number of carbonyl (C=O) groups is 1. The minimum Gasteiger partial charge on any atom is -0.493 e. The molecule has 0 radical (unpaired) electrons. The highest BCUT2D eigenvalue weighted by Gasteiger charge is 2.33. The van der Waals surface area contributed by atoms with Gasteiger partial charge in [0.05, 0.1) is 34.5 Å². The summed E-state index contributed by atoms with van der Waals surface area (Å²) in [6.07, 6.45) is 2.03. The molecule has 0 spiro atoms. The molecule has 8 nitrogen and oxygen atoms in total. The molecule has 8 heteroatoms. The highest BCUT2D eigenvalue weighted by atomic mass is 16.5. The van der Waals surface area contributed by atoms with Gasteiger partial charge < -0.3 is 33.7 Å². The molecule has 0 saturated heterocycles. The second kappa shape index (κ2) is 9.13. The fraction of sp³-hybridized carbons (Fsp3) is 0.292. The fourth-order valence-corrected chi connectivity index (χ4v) is 4.09. The van der Waals surface area contributed by atoms with Gasteiger partial charge in [-0.3, -0.25) is 0 Å². The molecule has 0 unspecified atom stereocenters. The number of ether oxygens (including phenoxy) is 4. The van der Waals surface area contributed by atoms with E-state index in [1.165, 1.54) is 0 Å². The van der Waals surface area contributed by atoms with Crippen molar-refractivity contribution in [2.24, 2.45) is 0 Å². The van der Waals surface area contributed by atoms with Crippen molar-refractivity contribution in [2.75, 3.05) is 40.3 Å². The van der Waals surface area contributed by atoms with Gasteiger partial charge in [0.15, 0.2) is 23.0 Å². The summed E-state index contributed by atoms with van der Waals surface area (Å²) < 4.78 is 23.7. The molecule has 32 heavy (non-hydrogen) atoms. The Morgan fingerprint density at radius 1 is 0.844 bits per heavy atom. The summed E-state index contributed by atoms with van der Waals surface area (Å²) in [7, 11) is 6.35. The molecule has 2 amide bonds. The second-order valence-corrected chi connectivity index (χ2v) is 7.34. The minimum atomic E-state index is -0.279. The van der Waals surface area contributed by atoms with E-state index in [2.05, 4.69) is 9.88 Å². The van der Waals surface area contributed by atoms with Crippen molar-refractivity contribution in [2.45, 2.75) is 12.6 Å². The van der Waals surface area contributed by atoms with Crippen LogP contribution < -0.4 is 24.3 Å². The number of nitrogens with zero attached hydrogens (tertiary/aromatic N) is 2. The van der Waals surface area contributed by atoms with Gasteiger partial charge in [-0.25, -0.2) is 4.79 Å². The van der Waals surface area contributed by atoms with Gasteiger partial charge in [0.1, 0.15) is 0 Å². The van der Waals surface area contributed by atoms with Crippen LogP contribution in [0, 0.1) is 0 Å². The first-order valence-electron chi connectivity index (χ1n) is 10.3. The summed E-state index contributed by atoms with van der Waals surface area (Å²) in [5.74, 6) is 2.41. The molecule has 4 rings (SSSR count). The number of methoxy groups -OCH3 is 4. The Kier molecular flexibility index (Phi) is 6.11. The van der Waals surface area contributed by atoms with E-state index >= 15 is 0 Å². The molecule has 1 atom stereocenters. The average Bonchev–Trinajstić information content (AvgIpc) is 3.31. The zero-order valence-electron chi connectivity index (χ0n) is 18.6.